The third-order valence-electron chi connectivity index (χ3n) is 3.36. The lowest BCUT2D eigenvalue weighted by molar-refractivity contribution is -0.140. The van der Waals surface area contributed by atoms with Gasteiger partial charge in [-0.1, -0.05) is 0 Å². The van der Waals surface area contributed by atoms with Crippen LogP contribution in [0.25, 0.3) is 0 Å². The molecular weight excluding hydrogens is 355 g/mol. The van der Waals surface area contributed by atoms with Crippen LogP contribution in [0, 0.1) is 0 Å². The number of aliphatic hydroxyl groups excluding tert-OH is 1. The van der Waals surface area contributed by atoms with E-state index in [-0.39, 0.29) is 5.88 Å². The number of carbonyl (C=O) groups is 1. The Morgan fingerprint density at radius 2 is 1.77 bits per heavy atom. The van der Waals surface area contributed by atoms with Crippen molar-refractivity contribution in [2.24, 2.45) is 0 Å². The van der Waals surface area contributed by atoms with Gasteiger partial charge in [-0.3, -0.25) is 4.79 Å². The molecule has 0 radical (unpaired) electrons. The summed E-state index contributed by atoms with van der Waals surface area (Å²) in [5.74, 6) is -0.448. The predicted octanol–water partition coefficient (Wildman–Crippen LogP) is 3.50. The molecular formula is C17H16F3NO5. The Balaban J connectivity index is 1.96. The van der Waals surface area contributed by atoms with Crippen molar-refractivity contribution >= 4 is 5.97 Å². The SMILES string of the molecule is CC(Oc1ccc(Oc2ccc(C(F)(F)F)cn2)cc1)C(O)CC(=O)O. The fourth-order valence-electron chi connectivity index (χ4n) is 1.95. The standard InChI is InChI=1S/C17H16F3NO5/c1-10(14(22)8-16(23)24)25-12-3-5-13(6-4-12)26-15-7-2-11(9-21-15)17(18,19)20/h2-7,9-10,14,22H,8H2,1H3,(H,23,24). The molecule has 2 unspecified atom stereocenters. The molecule has 1 aromatic heterocycles. The zero-order chi connectivity index (χ0) is 19.3. The molecule has 26 heavy (non-hydrogen) atoms. The summed E-state index contributed by atoms with van der Waals surface area (Å²) in [5.41, 5.74) is -0.873. The minimum absolute atomic E-state index is 0.00285. The predicted molar refractivity (Wildman–Crippen MR) is 84.1 cm³/mol. The molecule has 2 N–H and O–H groups in total. The quantitative estimate of drug-likeness (QED) is 0.775. The number of aromatic nitrogens is 1. The highest BCUT2D eigenvalue weighted by Crippen LogP contribution is 2.30. The van der Waals surface area contributed by atoms with E-state index < -0.39 is 36.3 Å². The fraction of sp³-hybridized carbons (Fsp3) is 0.294. The molecule has 0 aliphatic carbocycles. The van der Waals surface area contributed by atoms with E-state index in [1.54, 1.807) is 0 Å². The molecule has 0 spiro atoms. The zero-order valence-corrected chi connectivity index (χ0v) is 13.6. The van der Waals surface area contributed by atoms with E-state index in [0.29, 0.717) is 17.7 Å². The molecule has 1 heterocycles. The molecule has 0 amide bonds. The Morgan fingerprint density at radius 1 is 1.15 bits per heavy atom. The van der Waals surface area contributed by atoms with Gasteiger partial charge in [0, 0.05) is 12.3 Å². The van der Waals surface area contributed by atoms with Gasteiger partial charge in [-0.15, -0.1) is 0 Å². The Bertz CT molecular complexity index is 732. The molecule has 0 aliphatic heterocycles. The first-order valence-electron chi connectivity index (χ1n) is 7.53. The molecule has 6 nitrogen and oxygen atoms in total. The molecule has 2 aromatic rings. The number of alkyl halides is 3. The second kappa shape index (κ2) is 8.05. The van der Waals surface area contributed by atoms with Crippen molar-refractivity contribution in [3.05, 3.63) is 48.2 Å². The molecule has 0 bridgehead atoms. The van der Waals surface area contributed by atoms with Gasteiger partial charge in [0.2, 0.25) is 5.88 Å². The van der Waals surface area contributed by atoms with E-state index in [1.165, 1.54) is 31.2 Å². The first kappa shape index (κ1) is 19.5. The molecule has 2 rings (SSSR count). The highest BCUT2D eigenvalue weighted by atomic mass is 19.4. The average molecular weight is 371 g/mol. The van der Waals surface area contributed by atoms with E-state index >= 15 is 0 Å². The van der Waals surface area contributed by atoms with Gasteiger partial charge in [-0.25, -0.2) is 4.98 Å². The van der Waals surface area contributed by atoms with E-state index in [2.05, 4.69) is 4.98 Å². The second-order valence-corrected chi connectivity index (χ2v) is 5.44. The lowest BCUT2D eigenvalue weighted by atomic mass is 10.1. The number of hydrogen-bond acceptors (Lipinski definition) is 5. The monoisotopic (exact) mass is 371 g/mol. The molecule has 0 saturated carbocycles. The maximum atomic E-state index is 12.5. The summed E-state index contributed by atoms with van der Waals surface area (Å²) in [5, 5.41) is 18.3. The number of benzene rings is 1. The number of carboxylic acids is 1. The number of halogens is 3. The summed E-state index contributed by atoms with van der Waals surface area (Å²) < 4.78 is 48.2. The molecule has 2 atom stereocenters. The third kappa shape index (κ3) is 5.62. The molecule has 0 aliphatic rings. The summed E-state index contributed by atoms with van der Waals surface area (Å²) in [6, 6.07) is 8.02. The zero-order valence-electron chi connectivity index (χ0n) is 13.6. The molecule has 0 saturated heterocycles. The van der Waals surface area contributed by atoms with Gasteiger partial charge in [0.05, 0.1) is 12.0 Å². The summed E-state index contributed by atoms with van der Waals surface area (Å²) in [7, 11) is 0. The maximum absolute atomic E-state index is 12.5. The van der Waals surface area contributed by atoms with Crippen LogP contribution in [0.4, 0.5) is 13.2 Å². The topological polar surface area (TPSA) is 88.9 Å². The average Bonchev–Trinajstić information content (AvgIpc) is 2.55. The van der Waals surface area contributed by atoms with Gasteiger partial charge in [0.25, 0.3) is 0 Å². The van der Waals surface area contributed by atoms with Crippen LogP contribution in [0.2, 0.25) is 0 Å². The van der Waals surface area contributed by atoms with Crippen LogP contribution in [0.3, 0.4) is 0 Å². The van der Waals surface area contributed by atoms with Crippen LogP contribution in [0.5, 0.6) is 17.4 Å². The Labute approximate surface area is 146 Å². The van der Waals surface area contributed by atoms with Crippen molar-refractivity contribution in [1.82, 2.24) is 4.98 Å². The van der Waals surface area contributed by atoms with Crippen molar-refractivity contribution in [1.29, 1.82) is 0 Å². The number of hydrogen-bond donors (Lipinski definition) is 2. The van der Waals surface area contributed by atoms with Crippen molar-refractivity contribution in [3.63, 3.8) is 0 Å². The third-order valence-corrected chi connectivity index (χ3v) is 3.36. The first-order valence-corrected chi connectivity index (χ1v) is 7.53. The maximum Gasteiger partial charge on any atom is 0.417 e. The molecule has 140 valence electrons. The number of aliphatic hydroxyl groups is 1. The van der Waals surface area contributed by atoms with Gasteiger partial charge in [0.15, 0.2) is 0 Å². The smallest absolute Gasteiger partial charge is 0.417 e. The Kier molecular flexibility index (Phi) is 6.04. The van der Waals surface area contributed by atoms with Crippen LogP contribution in [-0.4, -0.2) is 33.4 Å². The summed E-state index contributed by atoms with van der Waals surface area (Å²) in [4.78, 5) is 14.2. The number of carboxylic acid groups (broad SMARTS) is 1. The molecule has 9 heteroatoms. The van der Waals surface area contributed by atoms with Gasteiger partial charge in [-0.05, 0) is 37.3 Å². The Morgan fingerprint density at radius 3 is 2.27 bits per heavy atom. The van der Waals surface area contributed by atoms with Crippen molar-refractivity contribution in [2.75, 3.05) is 0 Å². The number of rotatable bonds is 7. The minimum atomic E-state index is -4.47. The van der Waals surface area contributed by atoms with Gasteiger partial charge < -0.3 is 19.7 Å². The fourth-order valence-corrected chi connectivity index (χ4v) is 1.95. The number of nitrogens with zero attached hydrogens (tertiary/aromatic N) is 1. The highest BCUT2D eigenvalue weighted by Gasteiger charge is 2.30. The highest BCUT2D eigenvalue weighted by molar-refractivity contribution is 5.67. The first-order chi connectivity index (χ1) is 12.1. The summed E-state index contributed by atoms with van der Waals surface area (Å²) in [6.45, 7) is 1.53. The normalized spacial score (nSPS) is 13.7. The minimum Gasteiger partial charge on any atom is -0.488 e. The summed E-state index contributed by atoms with van der Waals surface area (Å²) >= 11 is 0. The number of pyridine rings is 1. The van der Waals surface area contributed by atoms with Crippen LogP contribution in [0.1, 0.15) is 18.9 Å². The second-order valence-electron chi connectivity index (χ2n) is 5.44. The van der Waals surface area contributed by atoms with Crippen molar-refractivity contribution in [2.45, 2.75) is 31.7 Å². The number of ether oxygens (including phenoxy) is 2. The van der Waals surface area contributed by atoms with E-state index in [4.69, 9.17) is 14.6 Å². The van der Waals surface area contributed by atoms with E-state index in [1.807, 2.05) is 0 Å². The number of aliphatic carboxylic acids is 1. The van der Waals surface area contributed by atoms with E-state index in [9.17, 15) is 23.1 Å². The van der Waals surface area contributed by atoms with Crippen molar-refractivity contribution in [3.8, 4) is 17.4 Å². The molecule has 1 aromatic carbocycles. The van der Waals surface area contributed by atoms with Crippen LogP contribution in [0.15, 0.2) is 42.6 Å². The molecule has 0 fully saturated rings. The largest absolute Gasteiger partial charge is 0.488 e. The van der Waals surface area contributed by atoms with Crippen LogP contribution < -0.4 is 9.47 Å². The lowest BCUT2D eigenvalue weighted by Crippen LogP contribution is -2.30. The summed E-state index contributed by atoms with van der Waals surface area (Å²) in [6.07, 6.45) is -6.14. The Hall–Kier alpha value is -2.81. The van der Waals surface area contributed by atoms with Crippen LogP contribution >= 0.6 is 0 Å². The van der Waals surface area contributed by atoms with Crippen LogP contribution in [-0.2, 0) is 11.0 Å². The van der Waals surface area contributed by atoms with Gasteiger partial charge in [0.1, 0.15) is 23.7 Å². The van der Waals surface area contributed by atoms with E-state index in [0.717, 1.165) is 12.1 Å². The van der Waals surface area contributed by atoms with Crippen molar-refractivity contribution < 1.29 is 37.7 Å². The van der Waals surface area contributed by atoms with Gasteiger partial charge >= 0.3 is 12.1 Å². The van der Waals surface area contributed by atoms with Gasteiger partial charge in [-0.2, -0.15) is 13.2 Å². The lowest BCUT2D eigenvalue weighted by Gasteiger charge is -2.19.